The van der Waals surface area contributed by atoms with E-state index < -0.39 is 11.7 Å². The molecule has 0 saturated heterocycles. The molecule has 0 spiro atoms. The lowest BCUT2D eigenvalue weighted by Crippen LogP contribution is -2.06. The largest absolute Gasteiger partial charge is 0.496 e. The number of benzene rings is 1. The van der Waals surface area contributed by atoms with Crippen molar-refractivity contribution in [1.29, 1.82) is 0 Å². The number of nitrogens with one attached hydrogen (secondary N) is 1. The first-order chi connectivity index (χ1) is 14.7. The van der Waals surface area contributed by atoms with Gasteiger partial charge in [-0.3, -0.25) is 0 Å². The molecule has 3 N–H and O–H groups in total. The Balaban J connectivity index is 1.91. The number of halogens is 3. The molecule has 0 aliphatic rings. The van der Waals surface area contributed by atoms with Gasteiger partial charge >= 0.3 is 6.18 Å². The second-order valence-corrected chi connectivity index (χ2v) is 7.31. The van der Waals surface area contributed by atoms with E-state index >= 15 is 0 Å². The molecule has 0 aliphatic carbocycles. The Labute approximate surface area is 180 Å². The van der Waals surface area contributed by atoms with Crippen LogP contribution in [0.15, 0.2) is 69.8 Å². The normalized spacial score (nSPS) is 12.6. The lowest BCUT2D eigenvalue weighted by Gasteiger charge is -2.08. The van der Waals surface area contributed by atoms with Crippen LogP contribution in [0.25, 0.3) is 16.7 Å². The van der Waals surface area contributed by atoms with Gasteiger partial charge in [-0.2, -0.15) is 13.2 Å². The van der Waals surface area contributed by atoms with Gasteiger partial charge in [-0.1, -0.05) is 36.4 Å². The fourth-order valence-corrected chi connectivity index (χ4v) is 3.46. The number of pyridine rings is 1. The summed E-state index contributed by atoms with van der Waals surface area (Å²) in [4.78, 5) is 11.6. The van der Waals surface area contributed by atoms with E-state index in [1.54, 1.807) is 7.11 Å². The molecule has 0 atom stereocenters. The molecular formula is C22H17F3N4OS. The lowest BCUT2D eigenvalue weighted by atomic mass is 10.1. The van der Waals surface area contributed by atoms with Crippen LogP contribution < -0.4 is 10.5 Å². The van der Waals surface area contributed by atoms with Crippen molar-refractivity contribution in [2.45, 2.75) is 11.1 Å². The number of rotatable bonds is 6. The van der Waals surface area contributed by atoms with Crippen molar-refractivity contribution in [2.24, 2.45) is 10.7 Å². The summed E-state index contributed by atoms with van der Waals surface area (Å²) in [5.74, 6) is 3.08. The van der Waals surface area contributed by atoms with Gasteiger partial charge in [0, 0.05) is 29.6 Å². The van der Waals surface area contributed by atoms with Gasteiger partial charge in [-0.05, 0) is 18.2 Å². The molecule has 0 aliphatic heterocycles. The SMILES string of the molecule is C#CC(/C=N\C(=C)Sc1ccccc1OC)=C(/N)c1c[nH]c2ncc(C(F)(F)F)cc12. The Kier molecular flexibility index (Phi) is 6.42. The van der Waals surface area contributed by atoms with Crippen molar-refractivity contribution in [3.63, 3.8) is 0 Å². The van der Waals surface area contributed by atoms with Crippen LogP contribution in [-0.2, 0) is 6.18 Å². The number of nitrogens with two attached hydrogens (primary N) is 1. The van der Waals surface area contributed by atoms with Crippen LogP contribution in [-0.4, -0.2) is 23.3 Å². The molecular weight excluding hydrogens is 425 g/mol. The van der Waals surface area contributed by atoms with Crippen LogP contribution in [0.3, 0.4) is 0 Å². The van der Waals surface area contributed by atoms with E-state index in [4.69, 9.17) is 16.9 Å². The molecule has 0 amide bonds. The van der Waals surface area contributed by atoms with Gasteiger partial charge < -0.3 is 15.5 Å². The minimum atomic E-state index is -4.53. The van der Waals surface area contributed by atoms with Gasteiger partial charge in [0.15, 0.2) is 0 Å². The number of hydrogen-bond acceptors (Lipinski definition) is 5. The Bertz CT molecular complexity index is 1240. The van der Waals surface area contributed by atoms with Crippen molar-refractivity contribution < 1.29 is 17.9 Å². The predicted molar refractivity (Wildman–Crippen MR) is 118 cm³/mol. The number of thioether (sulfide) groups is 1. The fourth-order valence-electron chi connectivity index (χ4n) is 2.70. The van der Waals surface area contributed by atoms with Gasteiger partial charge in [-0.15, -0.1) is 6.42 Å². The maximum Gasteiger partial charge on any atom is 0.417 e. The molecule has 31 heavy (non-hydrogen) atoms. The van der Waals surface area contributed by atoms with Crippen molar-refractivity contribution in [2.75, 3.05) is 7.11 Å². The minimum absolute atomic E-state index is 0.0914. The molecule has 0 radical (unpaired) electrons. The topological polar surface area (TPSA) is 76.3 Å². The Hall–Kier alpha value is -3.64. The minimum Gasteiger partial charge on any atom is -0.496 e. The number of fused-ring (bicyclic) bond motifs is 1. The summed E-state index contributed by atoms with van der Waals surface area (Å²) >= 11 is 1.27. The summed E-state index contributed by atoms with van der Waals surface area (Å²) in [6.45, 7) is 3.88. The summed E-state index contributed by atoms with van der Waals surface area (Å²) in [6, 6.07) is 8.34. The van der Waals surface area contributed by atoms with Crippen molar-refractivity contribution in [1.82, 2.24) is 9.97 Å². The van der Waals surface area contributed by atoms with E-state index in [1.165, 1.54) is 24.2 Å². The molecule has 2 aromatic heterocycles. The Morgan fingerprint density at radius 3 is 2.81 bits per heavy atom. The molecule has 0 unspecified atom stereocenters. The number of terminal acetylenes is 1. The molecule has 3 aromatic rings. The average Bonchev–Trinajstić information content (AvgIpc) is 3.17. The second-order valence-electron chi connectivity index (χ2n) is 6.20. The number of alkyl halides is 3. The third-order valence-corrected chi connectivity index (χ3v) is 5.13. The standard InChI is InChI=1S/C22H17F3N4OS/c1-4-14(10-27-13(2)31-19-8-6-5-7-18(19)30-3)20(26)17-12-29-21-16(17)9-15(11-28-21)22(23,24)25/h1,5-12H,2,26H2,3H3,(H,28,29)/b20-14-,27-10-. The number of aromatic amines is 1. The zero-order chi connectivity index (χ0) is 22.6. The Morgan fingerprint density at radius 1 is 1.39 bits per heavy atom. The number of methoxy groups -OCH3 is 1. The molecule has 9 heteroatoms. The summed E-state index contributed by atoms with van der Waals surface area (Å²) in [7, 11) is 1.56. The van der Waals surface area contributed by atoms with E-state index in [0.717, 1.165) is 17.2 Å². The van der Waals surface area contributed by atoms with Gasteiger partial charge in [0.2, 0.25) is 0 Å². The van der Waals surface area contributed by atoms with Gasteiger partial charge in [-0.25, -0.2) is 9.98 Å². The number of aliphatic imine (C=N–C) groups is 1. The Morgan fingerprint density at radius 2 is 2.13 bits per heavy atom. The summed E-state index contributed by atoms with van der Waals surface area (Å²) < 4.78 is 44.5. The number of ether oxygens (including phenoxy) is 1. The van der Waals surface area contributed by atoms with E-state index in [9.17, 15) is 13.2 Å². The van der Waals surface area contributed by atoms with Crippen molar-refractivity contribution in [3.05, 3.63) is 71.0 Å². The van der Waals surface area contributed by atoms with E-state index in [0.29, 0.717) is 16.3 Å². The van der Waals surface area contributed by atoms with Crippen LogP contribution in [0.2, 0.25) is 0 Å². The third kappa shape index (κ3) is 4.92. The molecule has 0 fully saturated rings. The number of para-hydroxylation sites is 1. The molecule has 158 valence electrons. The first-order valence-corrected chi connectivity index (χ1v) is 9.61. The number of aromatic nitrogens is 2. The molecule has 5 nitrogen and oxygen atoms in total. The van der Waals surface area contributed by atoms with Crippen LogP contribution in [0.4, 0.5) is 13.2 Å². The summed E-state index contributed by atoms with van der Waals surface area (Å²) in [5, 5.41) is 0.626. The van der Waals surface area contributed by atoms with Crippen LogP contribution in [0.1, 0.15) is 11.1 Å². The van der Waals surface area contributed by atoms with Crippen molar-refractivity contribution >= 4 is 34.7 Å². The van der Waals surface area contributed by atoms with Gasteiger partial charge in [0.25, 0.3) is 0 Å². The highest BCUT2D eigenvalue weighted by molar-refractivity contribution is 8.03. The first-order valence-electron chi connectivity index (χ1n) is 8.79. The van der Waals surface area contributed by atoms with Gasteiger partial charge in [0.05, 0.1) is 33.9 Å². The van der Waals surface area contributed by atoms with Crippen LogP contribution in [0.5, 0.6) is 5.75 Å². The molecule has 0 saturated carbocycles. The van der Waals surface area contributed by atoms with E-state index in [-0.39, 0.29) is 22.3 Å². The maximum atomic E-state index is 13.1. The average molecular weight is 442 g/mol. The highest BCUT2D eigenvalue weighted by Gasteiger charge is 2.31. The maximum absolute atomic E-state index is 13.1. The predicted octanol–water partition coefficient (Wildman–Crippen LogP) is 5.23. The zero-order valence-electron chi connectivity index (χ0n) is 16.3. The third-order valence-electron chi connectivity index (χ3n) is 4.23. The highest BCUT2D eigenvalue weighted by atomic mass is 32.2. The van der Waals surface area contributed by atoms with Crippen LogP contribution >= 0.6 is 11.8 Å². The second kappa shape index (κ2) is 9.02. The van der Waals surface area contributed by atoms with Crippen LogP contribution in [0, 0.1) is 12.3 Å². The number of nitrogens with zero attached hydrogens (tertiary/aromatic N) is 2. The fraction of sp³-hybridized carbons (Fsp3) is 0.0909. The summed E-state index contributed by atoms with van der Waals surface area (Å²) in [6.07, 6.45) is 4.59. The van der Waals surface area contributed by atoms with Crippen molar-refractivity contribution in [3.8, 4) is 18.1 Å². The van der Waals surface area contributed by atoms with Gasteiger partial charge in [0.1, 0.15) is 11.4 Å². The molecule has 1 aromatic carbocycles. The number of hydrogen-bond donors (Lipinski definition) is 2. The quantitative estimate of drug-likeness (QED) is 0.311. The molecule has 0 bridgehead atoms. The monoisotopic (exact) mass is 442 g/mol. The zero-order valence-corrected chi connectivity index (χ0v) is 17.1. The lowest BCUT2D eigenvalue weighted by molar-refractivity contribution is -0.137. The molecule has 2 heterocycles. The molecule has 3 rings (SSSR count). The van der Waals surface area contributed by atoms with E-state index in [2.05, 4.69) is 27.5 Å². The summed E-state index contributed by atoms with van der Waals surface area (Å²) in [5.41, 5.74) is 6.13. The first kappa shape index (κ1) is 22.1. The van der Waals surface area contributed by atoms with E-state index in [1.807, 2.05) is 24.3 Å². The smallest absolute Gasteiger partial charge is 0.417 e. The highest BCUT2D eigenvalue weighted by Crippen LogP contribution is 2.34. The number of allylic oxidation sites excluding steroid dienone is 1. The number of H-pyrrole nitrogens is 1.